The third kappa shape index (κ3) is 5.41. The van der Waals surface area contributed by atoms with Crippen LogP contribution in [0.3, 0.4) is 0 Å². The van der Waals surface area contributed by atoms with Gasteiger partial charge >= 0.3 is 0 Å². The van der Waals surface area contributed by atoms with Crippen LogP contribution >= 0.6 is 35.3 Å². The molecule has 0 atom stereocenters. The van der Waals surface area contributed by atoms with Crippen LogP contribution in [-0.2, 0) is 18.3 Å². The second-order valence-corrected chi connectivity index (χ2v) is 6.96. The van der Waals surface area contributed by atoms with E-state index in [1.807, 2.05) is 29.1 Å². The van der Waals surface area contributed by atoms with E-state index >= 15 is 0 Å². The number of nitro groups is 1. The lowest BCUT2D eigenvalue weighted by atomic mass is 10.2. The molecule has 0 saturated heterocycles. The van der Waals surface area contributed by atoms with Crippen LogP contribution in [0.1, 0.15) is 5.69 Å². The van der Waals surface area contributed by atoms with Crippen LogP contribution in [-0.4, -0.2) is 15.4 Å². The molecule has 1 amide bonds. The fraction of sp³-hybridized carbons (Fsp3) is 0.111. The monoisotopic (exact) mass is 438 g/mol. The molecule has 0 aliphatic rings. The molecule has 0 aliphatic heterocycles. The Labute approximate surface area is 175 Å². The van der Waals surface area contributed by atoms with Crippen LogP contribution in [0, 0.1) is 10.1 Å². The summed E-state index contributed by atoms with van der Waals surface area (Å²) in [5.41, 5.74) is 2.08. The van der Waals surface area contributed by atoms with Gasteiger partial charge in [0.2, 0.25) is 5.91 Å². The number of rotatable bonds is 5. The molecule has 0 saturated carbocycles. The van der Waals surface area contributed by atoms with E-state index in [0.717, 1.165) is 16.2 Å². The molecule has 7 nitrogen and oxygen atoms in total. The molecule has 3 rings (SSSR count). The summed E-state index contributed by atoms with van der Waals surface area (Å²) in [7, 11) is 1.85. The van der Waals surface area contributed by atoms with Gasteiger partial charge in [-0.2, -0.15) is 0 Å². The minimum Gasteiger partial charge on any atom is -0.326 e. The van der Waals surface area contributed by atoms with Crippen molar-refractivity contribution in [1.82, 2.24) is 4.57 Å². The zero-order valence-corrected chi connectivity index (χ0v) is 17.1. The van der Waals surface area contributed by atoms with Crippen LogP contribution in [0.25, 0.3) is 0 Å². The number of nitrogens with one attached hydrogen (secondary N) is 1. The van der Waals surface area contributed by atoms with E-state index in [4.69, 9.17) is 11.6 Å². The molecule has 3 aromatic rings. The molecular weight excluding hydrogens is 423 g/mol. The summed E-state index contributed by atoms with van der Waals surface area (Å²) in [6, 6.07) is 12.9. The maximum absolute atomic E-state index is 12.3. The Morgan fingerprint density at radius 3 is 2.46 bits per heavy atom. The van der Waals surface area contributed by atoms with E-state index in [2.05, 4.69) is 10.3 Å². The second-order valence-electron chi connectivity index (χ2n) is 5.69. The topological polar surface area (TPSA) is 89.5 Å². The molecular formula is C18H16Cl2N4O3S. The highest BCUT2D eigenvalue weighted by Gasteiger charge is 2.10. The van der Waals surface area contributed by atoms with Crippen LogP contribution in [0.2, 0.25) is 5.02 Å². The predicted octanol–water partition coefficient (Wildman–Crippen LogP) is 4.48. The molecule has 10 heteroatoms. The second kappa shape index (κ2) is 9.50. The zero-order chi connectivity index (χ0) is 19.4. The van der Waals surface area contributed by atoms with Gasteiger partial charge in [0.1, 0.15) is 0 Å². The van der Waals surface area contributed by atoms with Crippen molar-refractivity contribution in [2.45, 2.75) is 6.42 Å². The number of benzene rings is 2. The number of carbonyl (C=O) groups is 1. The molecule has 0 aliphatic carbocycles. The van der Waals surface area contributed by atoms with Gasteiger partial charge in [0.05, 0.1) is 17.0 Å². The number of carbonyl (C=O) groups excluding carboxylic acids is 1. The number of hydrogen-bond acceptors (Lipinski definition) is 5. The number of halogens is 2. The average Bonchev–Trinajstić information content (AvgIpc) is 2.97. The Morgan fingerprint density at radius 2 is 1.86 bits per heavy atom. The molecule has 0 spiro atoms. The lowest BCUT2D eigenvalue weighted by Gasteiger charge is -2.06. The SMILES string of the molecule is Cl.Cn1c(CC(=O)Nc2ccc([N+](=O)[O-])cc2)cs/c1=N/c1ccc(Cl)cc1. The normalized spacial score (nSPS) is 11.0. The number of non-ortho nitro benzene ring substituents is 1. The largest absolute Gasteiger partial charge is 0.326 e. The van der Waals surface area contributed by atoms with Gasteiger partial charge in [-0.3, -0.25) is 14.9 Å². The Kier molecular flexibility index (Phi) is 7.33. The van der Waals surface area contributed by atoms with Gasteiger partial charge in [0, 0.05) is 41.0 Å². The first-order chi connectivity index (χ1) is 12.9. The highest BCUT2D eigenvalue weighted by Crippen LogP contribution is 2.17. The highest BCUT2D eigenvalue weighted by atomic mass is 35.5. The van der Waals surface area contributed by atoms with Crippen LogP contribution in [0.4, 0.5) is 17.1 Å². The number of hydrogen-bond donors (Lipinski definition) is 1. The van der Waals surface area contributed by atoms with E-state index in [0.29, 0.717) is 10.7 Å². The van der Waals surface area contributed by atoms with E-state index in [1.165, 1.54) is 35.6 Å². The molecule has 28 heavy (non-hydrogen) atoms. The summed E-state index contributed by atoms with van der Waals surface area (Å²) in [6.45, 7) is 0. The number of thiazole rings is 1. The Morgan fingerprint density at radius 1 is 1.21 bits per heavy atom. The fourth-order valence-electron chi connectivity index (χ4n) is 2.33. The van der Waals surface area contributed by atoms with E-state index < -0.39 is 4.92 Å². The van der Waals surface area contributed by atoms with Gasteiger partial charge in [-0.15, -0.1) is 23.7 Å². The van der Waals surface area contributed by atoms with Crippen molar-refractivity contribution in [2.24, 2.45) is 12.0 Å². The lowest BCUT2D eigenvalue weighted by Crippen LogP contribution is -2.19. The molecule has 2 aromatic carbocycles. The molecule has 1 heterocycles. The van der Waals surface area contributed by atoms with Crippen molar-refractivity contribution in [1.29, 1.82) is 0 Å². The molecule has 1 N–H and O–H groups in total. The number of nitro benzene ring substituents is 1. The van der Waals surface area contributed by atoms with Crippen molar-refractivity contribution in [3.8, 4) is 0 Å². The van der Waals surface area contributed by atoms with Crippen molar-refractivity contribution in [2.75, 3.05) is 5.32 Å². The summed E-state index contributed by atoms with van der Waals surface area (Å²) in [4.78, 5) is 27.7. The van der Waals surface area contributed by atoms with E-state index in [9.17, 15) is 14.9 Å². The summed E-state index contributed by atoms with van der Waals surface area (Å²) in [5.74, 6) is -0.213. The smallest absolute Gasteiger partial charge is 0.269 e. The molecule has 146 valence electrons. The first kappa shape index (κ1) is 21.6. The Balaban J connectivity index is 0.00000280. The molecule has 0 unspecified atom stereocenters. The number of anilines is 1. The van der Waals surface area contributed by atoms with Crippen LogP contribution < -0.4 is 10.1 Å². The van der Waals surface area contributed by atoms with Crippen molar-refractivity contribution in [3.63, 3.8) is 0 Å². The van der Waals surface area contributed by atoms with Gasteiger partial charge in [-0.05, 0) is 36.4 Å². The Hall–Kier alpha value is -2.68. The van der Waals surface area contributed by atoms with Crippen molar-refractivity contribution in [3.05, 3.63) is 79.5 Å². The highest BCUT2D eigenvalue weighted by molar-refractivity contribution is 7.07. The number of amides is 1. The minimum absolute atomic E-state index is 0. The summed E-state index contributed by atoms with van der Waals surface area (Å²) < 4.78 is 1.86. The molecule has 0 radical (unpaired) electrons. The summed E-state index contributed by atoms with van der Waals surface area (Å²) >= 11 is 7.31. The number of aromatic nitrogens is 1. The predicted molar refractivity (Wildman–Crippen MR) is 113 cm³/mol. The third-order valence-corrected chi connectivity index (χ3v) is 4.99. The van der Waals surface area contributed by atoms with Gasteiger partial charge in [-0.1, -0.05) is 11.6 Å². The van der Waals surface area contributed by atoms with Gasteiger partial charge in [0.15, 0.2) is 4.80 Å². The van der Waals surface area contributed by atoms with Gasteiger partial charge < -0.3 is 9.88 Å². The third-order valence-electron chi connectivity index (χ3n) is 3.77. The standard InChI is InChI=1S/C18H15ClN4O3S.ClH/c1-22-16(11-27-18(22)21-14-4-2-12(19)3-5-14)10-17(24)20-13-6-8-15(9-7-13)23(25)26;/h2-9,11H,10H2,1H3,(H,20,24);1H/b21-18+;. The molecule has 1 aromatic heterocycles. The average molecular weight is 439 g/mol. The van der Waals surface area contributed by atoms with Gasteiger partial charge in [-0.25, -0.2) is 4.99 Å². The van der Waals surface area contributed by atoms with Crippen molar-refractivity contribution >= 4 is 58.3 Å². The number of nitrogens with zero attached hydrogens (tertiary/aromatic N) is 3. The maximum atomic E-state index is 12.3. The summed E-state index contributed by atoms with van der Waals surface area (Å²) in [6.07, 6.45) is 0.167. The fourth-order valence-corrected chi connectivity index (χ4v) is 3.37. The molecule has 0 bridgehead atoms. The Bertz CT molecular complexity index is 1040. The van der Waals surface area contributed by atoms with E-state index in [-0.39, 0.29) is 30.4 Å². The minimum atomic E-state index is -0.483. The quantitative estimate of drug-likeness (QED) is 0.470. The molecule has 0 fully saturated rings. The summed E-state index contributed by atoms with van der Waals surface area (Å²) in [5, 5.41) is 15.9. The van der Waals surface area contributed by atoms with E-state index in [1.54, 1.807) is 12.1 Å². The first-order valence-corrected chi connectivity index (χ1v) is 9.16. The lowest BCUT2D eigenvalue weighted by molar-refractivity contribution is -0.384. The van der Waals surface area contributed by atoms with Crippen LogP contribution in [0.15, 0.2) is 58.9 Å². The zero-order valence-electron chi connectivity index (χ0n) is 14.7. The maximum Gasteiger partial charge on any atom is 0.269 e. The van der Waals surface area contributed by atoms with Gasteiger partial charge in [0.25, 0.3) is 5.69 Å². The van der Waals surface area contributed by atoms with Crippen molar-refractivity contribution < 1.29 is 9.72 Å². The first-order valence-electron chi connectivity index (χ1n) is 7.90. The van der Waals surface area contributed by atoms with Crippen LogP contribution in [0.5, 0.6) is 0 Å².